The molecule has 1 spiro atoms. The Kier molecular flexibility index (Phi) is 3.89. The summed E-state index contributed by atoms with van der Waals surface area (Å²) < 4.78 is 12.0. The summed E-state index contributed by atoms with van der Waals surface area (Å²) in [4.78, 5) is 0. The zero-order valence-corrected chi connectivity index (χ0v) is 12.5. The van der Waals surface area contributed by atoms with Gasteiger partial charge in [0, 0.05) is 19.8 Å². The van der Waals surface area contributed by atoms with Crippen LogP contribution in [0.25, 0.3) is 0 Å². The van der Waals surface area contributed by atoms with E-state index in [1.807, 2.05) is 7.11 Å². The molecule has 0 aromatic rings. The molecular formula is C16H29NO2. The van der Waals surface area contributed by atoms with E-state index in [0.717, 1.165) is 19.1 Å². The third-order valence-electron chi connectivity index (χ3n) is 5.86. The van der Waals surface area contributed by atoms with Gasteiger partial charge in [0.15, 0.2) is 0 Å². The normalized spacial score (nSPS) is 33.5. The molecule has 19 heavy (non-hydrogen) atoms. The Hall–Kier alpha value is -0.120. The van der Waals surface area contributed by atoms with Gasteiger partial charge in [-0.2, -0.15) is 0 Å². The van der Waals surface area contributed by atoms with Crippen molar-refractivity contribution in [2.75, 3.05) is 20.3 Å². The molecule has 3 nitrogen and oxygen atoms in total. The van der Waals surface area contributed by atoms with E-state index in [0.29, 0.717) is 6.04 Å². The van der Waals surface area contributed by atoms with Crippen LogP contribution >= 0.6 is 0 Å². The van der Waals surface area contributed by atoms with Gasteiger partial charge in [0.25, 0.3) is 0 Å². The maximum absolute atomic E-state index is 6.09. The minimum absolute atomic E-state index is 0.114. The first kappa shape index (κ1) is 13.8. The molecule has 110 valence electrons. The standard InChI is InChI=1S/C16H29NO2/c1-3-17-14(16(18-2)9-5-10-16)13-6-11-19-15(12-13)7-4-8-15/h13-14,17H,3-12H2,1-2H3. The average molecular weight is 267 g/mol. The fourth-order valence-electron chi connectivity index (χ4n) is 4.44. The van der Waals surface area contributed by atoms with Crippen LogP contribution in [0.2, 0.25) is 0 Å². The SMILES string of the molecule is CCNC(C1CCOC2(CCC2)C1)C1(OC)CCC1. The number of likely N-dealkylation sites (N-methyl/N-ethyl adjacent to an activating group) is 1. The minimum Gasteiger partial charge on any atom is -0.377 e. The molecular weight excluding hydrogens is 238 g/mol. The maximum Gasteiger partial charge on any atom is 0.0833 e. The second kappa shape index (κ2) is 5.34. The average Bonchev–Trinajstić information content (AvgIpc) is 2.35. The van der Waals surface area contributed by atoms with E-state index in [4.69, 9.17) is 9.47 Å². The molecule has 0 amide bonds. The van der Waals surface area contributed by atoms with Gasteiger partial charge in [0.2, 0.25) is 0 Å². The van der Waals surface area contributed by atoms with Crippen molar-refractivity contribution in [3.63, 3.8) is 0 Å². The fourth-order valence-corrected chi connectivity index (χ4v) is 4.44. The molecule has 1 saturated heterocycles. The van der Waals surface area contributed by atoms with Gasteiger partial charge in [-0.05, 0) is 63.8 Å². The number of ether oxygens (including phenoxy) is 2. The third kappa shape index (κ3) is 2.34. The highest BCUT2D eigenvalue weighted by Gasteiger charge is 2.51. The van der Waals surface area contributed by atoms with Crippen LogP contribution in [0.15, 0.2) is 0 Å². The van der Waals surface area contributed by atoms with E-state index < -0.39 is 0 Å². The van der Waals surface area contributed by atoms with E-state index in [1.54, 1.807) is 0 Å². The molecule has 1 heterocycles. The number of rotatable bonds is 5. The van der Waals surface area contributed by atoms with Crippen molar-refractivity contribution in [3.05, 3.63) is 0 Å². The largest absolute Gasteiger partial charge is 0.377 e. The summed E-state index contributed by atoms with van der Waals surface area (Å²) >= 11 is 0. The first-order valence-electron chi connectivity index (χ1n) is 8.16. The molecule has 2 aliphatic carbocycles. The Morgan fingerprint density at radius 2 is 2.00 bits per heavy atom. The van der Waals surface area contributed by atoms with E-state index in [9.17, 15) is 0 Å². The van der Waals surface area contributed by atoms with Crippen molar-refractivity contribution in [1.82, 2.24) is 5.32 Å². The van der Waals surface area contributed by atoms with Gasteiger partial charge >= 0.3 is 0 Å². The van der Waals surface area contributed by atoms with Gasteiger partial charge in [-0.3, -0.25) is 0 Å². The topological polar surface area (TPSA) is 30.5 Å². The minimum atomic E-state index is 0.114. The van der Waals surface area contributed by atoms with Crippen molar-refractivity contribution in [3.8, 4) is 0 Å². The second-order valence-electron chi connectivity index (χ2n) is 6.80. The molecule has 3 fully saturated rings. The summed E-state index contributed by atoms with van der Waals surface area (Å²) in [6, 6.07) is 0.526. The van der Waals surface area contributed by atoms with Crippen molar-refractivity contribution < 1.29 is 9.47 Å². The summed E-state index contributed by atoms with van der Waals surface area (Å²) in [6.45, 7) is 4.21. The number of hydrogen-bond donors (Lipinski definition) is 1. The molecule has 1 N–H and O–H groups in total. The Labute approximate surface area is 117 Å². The molecule has 0 bridgehead atoms. The molecule has 3 rings (SSSR count). The summed E-state index contributed by atoms with van der Waals surface area (Å²) in [7, 11) is 1.90. The van der Waals surface area contributed by atoms with Crippen LogP contribution in [0.5, 0.6) is 0 Å². The Morgan fingerprint density at radius 1 is 1.26 bits per heavy atom. The van der Waals surface area contributed by atoms with Gasteiger partial charge in [0.1, 0.15) is 0 Å². The Balaban J connectivity index is 1.72. The monoisotopic (exact) mass is 267 g/mol. The lowest BCUT2D eigenvalue weighted by atomic mass is 9.64. The predicted octanol–water partition coefficient (Wildman–Crippen LogP) is 2.88. The van der Waals surface area contributed by atoms with Crippen LogP contribution in [-0.2, 0) is 9.47 Å². The predicted molar refractivity (Wildman–Crippen MR) is 76.3 cm³/mol. The van der Waals surface area contributed by atoms with Gasteiger partial charge < -0.3 is 14.8 Å². The zero-order chi connectivity index (χ0) is 13.3. The van der Waals surface area contributed by atoms with Gasteiger partial charge in [-0.1, -0.05) is 6.92 Å². The van der Waals surface area contributed by atoms with Crippen molar-refractivity contribution in [1.29, 1.82) is 0 Å². The molecule has 3 aliphatic rings. The second-order valence-corrected chi connectivity index (χ2v) is 6.80. The molecule has 1 aliphatic heterocycles. The molecule has 2 atom stereocenters. The molecule has 2 unspecified atom stereocenters. The first-order valence-corrected chi connectivity index (χ1v) is 8.16. The summed E-state index contributed by atoms with van der Waals surface area (Å²) in [5.41, 5.74) is 0.359. The zero-order valence-electron chi connectivity index (χ0n) is 12.5. The quantitative estimate of drug-likeness (QED) is 0.831. The lowest BCUT2D eigenvalue weighted by molar-refractivity contribution is -0.171. The van der Waals surface area contributed by atoms with E-state index in [2.05, 4.69) is 12.2 Å². The van der Waals surface area contributed by atoms with Gasteiger partial charge in [0.05, 0.1) is 11.2 Å². The molecule has 0 aromatic heterocycles. The number of nitrogens with one attached hydrogen (secondary N) is 1. The molecule has 0 aromatic carbocycles. The molecule has 0 radical (unpaired) electrons. The molecule has 3 heteroatoms. The maximum atomic E-state index is 6.09. The molecule has 2 saturated carbocycles. The first-order chi connectivity index (χ1) is 9.24. The number of methoxy groups -OCH3 is 1. The van der Waals surface area contributed by atoms with Gasteiger partial charge in [-0.15, -0.1) is 0 Å². The van der Waals surface area contributed by atoms with Crippen molar-refractivity contribution >= 4 is 0 Å². The Morgan fingerprint density at radius 3 is 2.47 bits per heavy atom. The van der Waals surface area contributed by atoms with E-state index in [1.165, 1.54) is 51.4 Å². The van der Waals surface area contributed by atoms with Crippen LogP contribution in [0, 0.1) is 5.92 Å². The van der Waals surface area contributed by atoms with Crippen LogP contribution in [0.1, 0.15) is 58.3 Å². The van der Waals surface area contributed by atoms with Gasteiger partial charge in [-0.25, -0.2) is 0 Å². The lowest BCUT2D eigenvalue weighted by Crippen LogP contribution is -2.62. The lowest BCUT2D eigenvalue weighted by Gasteiger charge is -2.54. The van der Waals surface area contributed by atoms with E-state index in [-0.39, 0.29) is 11.2 Å². The van der Waals surface area contributed by atoms with Crippen molar-refractivity contribution in [2.45, 2.75) is 75.5 Å². The smallest absolute Gasteiger partial charge is 0.0833 e. The van der Waals surface area contributed by atoms with E-state index >= 15 is 0 Å². The van der Waals surface area contributed by atoms with Crippen LogP contribution < -0.4 is 5.32 Å². The fraction of sp³-hybridized carbons (Fsp3) is 1.00. The number of hydrogen-bond acceptors (Lipinski definition) is 3. The summed E-state index contributed by atoms with van der Waals surface area (Å²) in [5.74, 6) is 0.731. The highest BCUT2D eigenvalue weighted by Crippen LogP contribution is 2.49. The highest BCUT2D eigenvalue weighted by molar-refractivity contribution is 5.06. The highest BCUT2D eigenvalue weighted by atomic mass is 16.5. The van der Waals surface area contributed by atoms with Crippen LogP contribution in [0.3, 0.4) is 0 Å². The summed E-state index contributed by atoms with van der Waals surface area (Å²) in [6.07, 6.45) is 10.1. The van der Waals surface area contributed by atoms with Crippen LogP contribution in [-0.4, -0.2) is 37.5 Å². The van der Waals surface area contributed by atoms with Crippen molar-refractivity contribution in [2.24, 2.45) is 5.92 Å². The Bertz CT molecular complexity index is 304. The summed E-state index contributed by atoms with van der Waals surface area (Å²) in [5, 5.41) is 3.75. The third-order valence-corrected chi connectivity index (χ3v) is 5.86. The van der Waals surface area contributed by atoms with Crippen LogP contribution in [0.4, 0.5) is 0 Å².